The van der Waals surface area contributed by atoms with Gasteiger partial charge in [0.2, 0.25) is 11.8 Å². The molecule has 1 unspecified atom stereocenters. The van der Waals surface area contributed by atoms with Gasteiger partial charge < -0.3 is 15.5 Å². The van der Waals surface area contributed by atoms with Crippen molar-refractivity contribution in [2.24, 2.45) is 11.7 Å². The van der Waals surface area contributed by atoms with Gasteiger partial charge in [0.25, 0.3) is 0 Å². The van der Waals surface area contributed by atoms with E-state index in [1.165, 1.54) is 0 Å². The maximum atomic E-state index is 12.2. The molecular weight excluding hydrogens is 369 g/mol. The number of oxazole rings is 1. The largest absolute Gasteiger partial charge is 0.440 e. The second-order valence-electron chi connectivity index (χ2n) is 5.81. The van der Waals surface area contributed by atoms with Crippen LogP contribution < -0.4 is 11.1 Å². The van der Waals surface area contributed by atoms with E-state index in [2.05, 4.69) is 24.1 Å². The zero-order chi connectivity index (χ0) is 16.1. The highest BCUT2D eigenvalue weighted by Gasteiger charge is 2.17. The standard InChI is InChI=1S/C16H23N3O2S.2ClH/c1-10(2)7-12(9-17)18-15(20)8-13-11(3)21-16(19-13)14-5-4-6-22-14;;/h4-6,10,12H,7-9,17H2,1-3H3,(H,18,20);2*1H. The fourth-order valence-corrected chi connectivity index (χ4v) is 2.96. The van der Waals surface area contributed by atoms with Crippen LogP contribution in [-0.2, 0) is 11.2 Å². The Hall–Kier alpha value is -1.08. The second kappa shape index (κ2) is 10.7. The third-order valence-electron chi connectivity index (χ3n) is 3.36. The van der Waals surface area contributed by atoms with Crippen molar-refractivity contribution >= 4 is 42.1 Å². The summed E-state index contributed by atoms with van der Waals surface area (Å²) in [5.41, 5.74) is 6.40. The van der Waals surface area contributed by atoms with Gasteiger partial charge in [0.15, 0.2) is 0 Å². The number of nitrogens with one attached hydrogen (secondary N) is 1. The molecular formula is C16H25Cl2N3O2S. The second-order valence-corrected chi connectivity index (χ2v) is 6.75. The molecule has 0 aromatic carbocycles. The molecule has 0 spiro atoms. The average Bonchev–Trinajstić information content (AvgIpc) is 3.08. The molecule has 0 aliphatic heterocycles. The topological polar surface area (TPSA) is 81.2 Å². The van der Waals surface area contributed by atoms with Crippen molar-refractivity contribution in [3.05, 3.63) is 29.0 Å². The fourth-order valence-electron chi connectivity index (χ4n) is 2.31. The van der Waals surface area contributed by atoms with Gasteiger partial charge in [-0.25, -0.2) is 4.98 Å². The highest BCUT2D eigenvalue weighted by atomic mass is 35.5. The number of halogens is 2. The van der Waals surface area contributed by atoms with Gasteiger partial charge in [-0.2, -0.15) is 0 Å². The Morgan fingerprint density at radius 2 is 2.12 bits per heavy atom. The van der Waals surface area contributed by atoms with Crippen LogP contribution >= 0.6 is 36.2 Å². The summed E-state index contributed by atoms with van der Waals surface area (Å²) >= 11 is 1.56. The van der Waals surface area contributed by atoms with E-state index in [-0.39, 0.29) is 43.2 Å². The molecule has 2 heterocycles. The Bertz CT molecular complexity index is 615. The first-order valence-electron chi connectivity index (χ1n) is 7.49. The minimum atomic E-state index is -0.0646. The zero-order valence-electron chi connectivity index (χ0n) is 14.1. The number of amides is 1. The molecule has 2 rings (SSSR count). The highest BCUT2D eigenvalue weighted by molar-refractivity contribution is 7.13. The van der Waals surface area contributed by atoms with Crippen LogP contribution in [0.25, 0.3) is 10.8 Å². The van der Waals surface area contributed by atoms with Crippen LogP contribution in [0.5, 0.6) is 0 Å². The smallest absolute Gasteiger partial charge is 0.236 e. The SMILES string of the molecule is Cc1oc(-c2cccs2)nc1CC(=O)NC(CN)CC(C)C.Cl.Cl. The predicted octanol–water partition coefficient (Wildman–Crippen LogP) is 3.59. The van der Waals surface area contributed by atoms with Crippen LogP contribution in [0.1, 0.15) is 31.7 Å². The maximum Gasteiger partial charge on any atom is 0.236 e. The molecule has 2 aromatic rings. The molecule has 0 radical (unpaired) electrons. The average molecular weight is 394 g/mol. The summed E-state index contributed by atoms with van der Waals surface area (Å²) in [6, 6.07) is 3.91. The lowest BCUT2D eigenvalue weighted by atomic mass is 10.0. The lowest BCUT2D eigenvalue weighted by molar-refractivity contribution is -0.121. The van der Waals surface area contributed by atoms with Gasteiger partial charge in [-0.1, -0.05) is 19.9 Å². The van der Waals surface area contributed by atoms with E-state index in [1.807, 2.05) is 24.4 Å². The molecule has 0 fully saturated rings. The van der Waals surface area contributed by atoms with Crippen LogP contribution in [0.4, 0.5) is 0 Å². The molecule has 0 saturated carbocycles. The highest BCUT2D eigenvalue weighted by Crippen LogP contribution is 2.26. The van der Waals surface area contributed by atoms with E-state index in [1.54, 1.807) is 11.3 Å². The van der Waals surface area contributed by atoms with E-state index in [0.29, 0.717) is 29.8 Å². The summed E-state index contributed by atoms with van der Waals surface area (Å²) in [6.07, 6.45) is 1.09. The number of carbonyl (C=O) groups is 1. The number of aromatic nitrogens is 1. The van der Waals surface area contributed by atoms with E-state index in [4.69, 9.17) is 10.2 Å². The molecule has 1 atom stereocenters. The van der Waals surface area contributed by atoms with Crippen LogP contribution in [-0.4, -0.2) is 23.5 Å². The van der Waals surface area contributed by atoms with Gasteiger partial charge in [-0.15, -0.1) is 36.2 Å². The van der Waals surface area contributed by atoms with E-state index in [0.717, 1.165) is 11.3 Å². The van der Waals surface area contributed by atoms with Gasteiger partial charge >= 0.3 is 0 Å². The van der Waals surface area contributed by atoms with Crippen molar-refractivity contribution in [2.45, 2.75) is 39.7 Å². The van der Waals surface area contributed by atoms with Gasteiger partial charge in [0.05, 0.1) is 17.0 Å². The normalized spacial score (nSPS) is 11.5. The molecule has 5 nitrogen and oxygen atoms in total. The molecule has 0 bridgehead atoms. The summed E-state index contributed by atoms with van der Waals surface area (Å²) in [7, 11) is 0. The Morgan fingerprint density at radius 3 is 2.67 bits per heavy atom. The molecule has 2 aromatic heterocycles. The van der Waals surface area contributed by atoms with Crippen molar-refractivity contribution < 1.29 is 9.21 Å². The Labute approximate surface area is 159 Å². The minimum Gasteiger partial charge on any atom is -0.440 e. The molecule has 0 aliphatic carbocycles. The van der Waals surface area contributed by atoms with Crippen LogP contribution in [0, 0.1) is 12.8 Å². The fraction of sp³-hybridized carbons (Fsp3) is 0.500. The maximum absolute atomic E-state index is 12.2. The van der Waals surface area contributed by atoms with Crippen LogP contribution in [0.15, 0.2) is 21.9 Å². The van der Waals surface area contributed by atoms with E-state index >= 15 is 0 Å². The minimum absolute atomic E-state index is 0. The number of hydrogen-bond donors (Lipinski definition) is 2. The molecule has 0 saturated heterocycles. The molecule has 1 amide bonds. The predicted molar refractivity (Wildman–Crippen MR) is 103 cm³/mol. The van der Waals surface area contributed by atoms with Gasteiger partial charge in [0.1, 0.15) is 5.76 Å². The number of carbonyl (C=O) groups excluding carboxylic acids is 1. The third-order valence-corrected chi connectivity index (χ3v) is 4.22. The van der Waals surface area contributed by atoms with Crippen molar-refractivity contribution in [1.82, 2.24) is 10.3 Å². The summed E-state index contributed by atoms with van der Waals surface area (Å²) < 4.78 is 5.65. The first-order chi connectivity index (χ1) is 10.5. The number of hydrogen-bond acceptors (Lipinski definition) is 5. The Balaban J connectivity index is 0.00000264. The first-order valence-corrected chi connectivity index (χ1v) is 8.37. The van der Waals surface area contributed by atoms with Gasteiger partial charge in [-0.05, 0) is 30.7 Å². The van der Waals surface area contributed by atoms with E-state index < -0.39 is 0 Å². The van der Waals surface area contributed by atoms with Crippen molar-refractivity contribution in [3.63, 3.8) is 0 Å². The Kier molecular flexibility index (Phi) is 10.2. The molecule has 136 valence electrons. The zero-order valence-corrected chi connectivity index (χ0v) is 16.5. The summed E-state index contributed by atoms with van der Waals surface area (Å²) in [5, 5.41) is 4.95. The molecule has 0 aliphatic rings. The summed E-state index contributed by atoms with van der Waals surface area (Å²) in [5.74, 6) is 1.69. The molecule has 3 N–H and O–H groups in total. The van der Waals surface area contributed by atoms with E-state index in [9.17, 15) is 4.79 Å². The molecule has 24 heavy (non-hydrogen) atoms. The monoisotopic (exact) mass is 393 g/mol. The van der Waals surface area contributed by atoms with Crippen molar-refractivity contribution in [2.75, 3.05) is 6.54 Å². The molecule has 8 heteroatoms. The number of nitrogens with zero attached hydrogens (tertiary/aromatic N) is 1. The van der Waals surface area contributed by atoms with Crippen molar-refractivity contribution in [3.8, 4) is 10.8 Å². The van der Waals surface area contributed by atoms with Gasteiger partial charge in [-0.3, -0.25) is 4.79 Å². The number of aryl methyl sites for hydroxylation is 1. The summed E-state index contributed by atoms with van der Waals surface area (Å²) in [4.78, 5) is 17.6. The summed E-state index contributed by atoms with van der Waals surface area (Å²) in [6.45, 7) is 6.51. The number of nitrogens with two attached hydrogens (primary N) is 1. The Morgan fingerprint density at radius 1 is 1.42 bits per heavy atom. The van der Waals surface area contributed by atoms with Crippen molar-refractivity contribution in [1.29, 1.82) is 0 Å². The van der Waals surface area contributed by atoms with Gasteiger partial charge in [0, 0.05) is 12.6 Å². The lowest BCUT2D eigenvalue weighted by Crippen LogP contribution is -2.41. The first kappa shape index (κ1) is 22.9. The number of thiophene rings is 1. The quantitative estimate of drug-likeness (QED) is 0.752. The third kappa shape index (κ3) is 6.43. The lowest BCUT2D eigenvalue weighted by Gasteiger charge is -2.18. The van der Waals surface area contributed by atoms with Crippen LogP contribution in [0.2, 0.25) is 0 Å². The number of rotatable bonds is 7. The van der Waals surface area contributed by atoms with Crippen LogP contribution in [0.3, 0.4) is 0 Å².